The molecule has 4 aromatic carbocycles. The predicted molar refractivity (Wildman–Crippen MR) is 113 cm³/mol. The van der Waals surface area contributed by atoms with E-state index in [2.05, 4.69) is 54.6 Å². The number of aliphatic hydroxyl groups excluding tert-OH is 1. The Morgan fingerprint density at radius 2 is 1.30 bits per heavy atom. The second kappa shape index (κ2) is 11.0. The molecule has 0 aliphatic carbocycles. The molecule has 27 heavy (non-hydrogen) atoms. The minimum Gasteiger partial charge on any atom is -0.401 e. The van der Waals surface area contributed by atoms with Crippen LogP contribution in [0.4, 0.5) is 0 Å². The van der Waals surface area contributed by atoms with Gasteiger partial charge in [0.05, 0.1) is 0 Å². The second-order valence-electron chi connectivity index (χ2n) is 6.01. The van der Waals surface area contributed by atoms with Crippen LogP contribution in [-0.2, 0) is 17.1 Å². The molecule has 0 aliphatic rings. The van der Waals surface area contributed by atoms with Crippen LogP contribution in [0.3, 0.4) is 0 Å². The fourth-order valence-corrected chi connectivity index (χ4v) is 5.43. The molecule has 0 saturated heterocycles. The zero-order valence-electron chi connectivity index (χ0n) is 15.2. The molecule has 0 heterocycles. The molecule has 0 aromatic heterocycles. The van der Waals surface area contributed by atoms with Crippen molar-refractivity contribution in [1.29, 1.82) is 0 Å². The molecule has 4 aromatic rings. The van der Waals surface area contributed by atoms with Crippen molar-refractivity contribution in [3.05, 3.63) is 115 Å². The largest absolute Gasteiger partial charge is 2.00 e. The van der Waals surface area contributed by atoms with Crippen molar-refractivity contribution in [3.63, 3.8) is 0 Å². The number of benzene rings is 2. The van der Waals surface area contributed by atoms with Gasteiger partial charge in [-0.3, -0.25) is 0 Å². The number of rotatable bonds is 4. The van der Waals surface area contributed by atoms with Crippen LogP contribution in [0.1, 0.15) is 18.6 Å². The first-order valence-electron chi connectivity index (χ1n) is 8.78. The summed E-state index contributed by atoms with van der Waals surface area (Å²) in [5, 5.41) is 13.9. The topological polar surface area (TPSA) is 20.2 Å². The van der Waals surface area contributed by atoms with Crippen molar-refractivity contribution in [2.75, 3.05) is 0 Å². The maximum Gasteiger partial charge on any atom is 2.00 e. The average Bonchev–Trinajstić information content (AvgIpc) is 3.39. The summed E-state index contributed by atoms with van der Waals surface area (Å²) >= 11 is 0. The molecule has 0 bridgehead atoms. The molecule has 4 rings (SSSR count). The van der Waals surface area contributed by atoms with E-state index in [0.717, 1.165) is 5.56 Å². The summed E-state index contributed by atoms with van der Waals surface area (Å²) in [7, 11) is -0.622. The van der Waals surface area contributed by atoms with E-state index in [0.29, 0.717) is 0 Å². The second-order valence-corrected chi connectivity index (χ2v) is 8.20. The summed E-state index contributed by atoms with van der Waals surface area (Å²) < 4.78 is 0. The van der Waals surface area contributed by atoms with Crippen LogP contribution in [0.15, 0.2) is 109 Å². The quantitative estimate of drug-likeness (QED) is 0.294. The molecule has 0 unspecified atom stereocenters. The van der Waals surface area contributed by atoms with E-state index in [4.69, 9.17) is 0 Å². The fraction of sp³-hybridized carbons (Fsp3) is 0.0833. The molecule has 0 fully saturated rings. The van der Waals surface area contributed by atoms with Crippen LogP contribution >= 0.6 is 7.92 Å². The molecule has 3 heteroatoms. The van der Waals surface area contributed by atoms with Gasteiger partial charge in [0, 0.05) is 6.10 Å². The Kier molecular flexibility index (Phi) is 8.71. The Morgan fingerprint density at radius 3 is 1.70 bits per heavy atom. The van der Waals surface area contributed by atoms with Gasteiger partial charge in [0.25, 0.3) is 0 Å². The molecular formula is C24H23FeOP. The summed E-state index contributed by atoms with van der Waals surface area (Å²) in [4.78, 5) is 0. The zero-order valence-corrected chi connectivity index (χ0v) is 17.2. The van der Waals surface area contributed by atoms with Gasteiger partial charge in [-0.1, -0.05) is 60.7 Å². The molecule has 138 valence electrons. The van der Waals surface area contributed by atoms with Gasteiger partial charge >= 0.3 is 17.1 Å². The zero-order chi connectivity index (χ0) is 18.2. The number of hydrogen-bond donors (Lipinski definition) is 1. The SMILES string of the molecule is C[C@@H](O)[c-]1cccc1P(c1ccccc1)c1ccccc1.[Fe+2].c1cc[cH-]c1. The molecule has 1 atom stereocenters. The molecule has 0 amide bonds. The Morgan fingerprint density at radius 1 is 0.778 bits per heavy atom. The van der Waals surface area contributed by atoms with Gasteiger partial charge in [-0.05, 0) is 25.5 Å². The van der Waals surface area contributed by atoms with Crippen molar-refractivity contribution in [2.24, 2.45) is 0 Å². The van der Waals surface area contributed by atoms with E-state index in [1.165, 1.54) is 15.9 Å². The summed E-state index contributed by atoms with van der Waals surface area (Å²) in [5.74, 6) is 0. The van der Waals surface area contributed by atoms with E-state index in [9.17, 15) is 5.11 Å². The van der Waals surface area contributed by atoms with Gasteiger partial charge in [-0.25, -0.2) is 24.3 Å². The third-order valence-corrected chi connectivity index (χ3v) is 6.62. The van der Waals surface area contributed by atoms with Gasteiger partial charge in [-0.2, -0.15) is 24.3 Å². The summed E-state index contributed by atoms with van der Waals surface area (Å²) in [6.45, 7) is 1.84. The van der Waals surface area contributed by atoms with Crippen molar-refractivity contribution < 1.29 is 22.2 Å². The van der Waals surface area contributed by atoms with Crippen molar-refractivity contribution >= 4 is 23.8 Å². The average molecular weight is 414 g/mol. The van der Waals surface area contributed by atoms with Crippen molar-refractivity contribution in [2.45, 2.75) is 13.0 Å². The summed E-state index contributed by atoms with van der Waals surface area (Å²) in [5.41, 5.74) is 1.04. The maximum atomic E-state index is 10.0. The maximum absolute atomic E-state index is 10.0. The van der Waals surface area contributed by atoms with E-state index in [1.54, 1.807) is 0 Å². The molecule has 0 spiro atoms. The normalized spacial score (nSPS) is 11.2. The Bertz CT molecular complexity index is 810. The minimum absolute atomic E-state index is 0. The Hall–Kier alpha value is -1.95. The van der Waals surface area contributed by atoms with Crippen LogP contribution < -0.4 is 15.9 Å². The summed E-state index contributed by atoms with van der Waals surface area (Å²) in [6.07, 6.45) is -0.438. The van der Waals surface area contributed by atoms with E-state index < -0.39 is 14.0 Å². The van der Waals surface area contributed by atoms with Crippen LogP contribution in [0.25, 0.3) is 0 Å². The monoisotopic (exact) mass is 414 g/mol. The Labute approximate surface area is 173 Å². The van der Waals surface area contributed by atoms with Gasteiger partial charge in [0.2, 0.25) is 0 Å². The van der Waals surface area contributed by atoms with Gasteiger partial charge in [0.1, 0.15) is 0 Å². The molecule has 1 N–H and O–H groups in total. The predicted octanol–water partition coefficient (Wildman–Crippen LogP) is 4.62. The standard InChI is InChI=1S/C19H18OP.C5H5.Fe/c1-15(20)18-13-8-14-19(18)21(16-9-4-2-5-10-16)17-11-6-3-7-12-17;1-2-4-5-3-1;/h2-15,20H,1H3;1-5H;/q2*-1;+2/t15-;;/m1../s1. The molecule has 0 saturated carbocycles. The Balaban J connectivity index is 0.000000379. The fourth-order valence-electron chi connectivity index (χ4n) is 2.88. The molecule has 0 aliphatic heterocycles. The van der Waals surface area contributed by atoms with Crippen molar-refractivity contribution in [3.8, 4) is 0 Å². The van der Waals surface area contributed by atoms with E-state index in [1.807, 2.05) is 61.5 Å². The van der Waals surface area contributed by atoms with E-state index in [-0.39, 0.29) is 17.1 Å². The van der Waals surface area contributed by atoms with Gasteiger partial charge in [-0.15, -0.1) is 10.9 Å². The number of hydrogen-bond acceptors (Lipinski definition) is 1. The number of aliphatic hydroxyl groups is 1. The first-order chi connectivity index (χ1) is 12.8. The third kappa shape index (κ3) is 5.76. The first kappa shape index (κ1) is 21.4. The minimum atomic E-state index is -0.622. The molecular weight excluding hydrogens is 391 g/mol. The van der Waals surface area contributed by atoms with Crippen LogP contribution in [0.5, 0.6) is 0 Å². The van der Waals surface area contributed by atoms with E-state index >= 15 is 0 Å². The van der Waals surface area contributed by atoms with Crippen LogP contribution in [0, 0.1) is 0 Å². The van der Waals surface area contributed by atoms with Crippen LogP contribution in [0.2, 0.25) is 0 Å². The molecule has 1 nitrogen and oxygen atoms in total. The summed E-state index contributed by atoms with van der Waals surface area (Å²) in [6, 6.07) is 37.3. The van der Waals surface area contributed by atoms with Gasteiger partial charge < -0.3 is 5.11 Å². The van der Waals surface area contributed by atoms with Gasteiger partial charge in [0.15, 0.2) is 0 Å². The van der Waals surface area contributed by atoms with Crippen molar-refractivity contribution in [1.82, 2.24) is 0 Å². The molecule has 0 radical (unpaired) electrons. The van der Waals surface area contributed by atoms with Crippen LogP contribution in [-0.4, -0.2) is 5.11 Å². The first-order valence-corrected chi connectivity index (χ1v) is 10.1. The smallest absolute Gasteiger partial charge is 0.401 e. The third-order valence-electron chi connectivity index (χ3n) is 4.10.